The van der Waals surface area contributed by atoms with E-state index in [9.17, 15) is 0 Å². The summed E-state index contributed by atoms with van der Waals surface area (Å²) in [5, 5.41) is 154. The third-order valence-electron chi connectivity index (χ3n) is 3.56. The topological polar surface area (TPSA) is 428 Å². The Hall–Kier alpha value is -6.37. The van der Waals surface area contributed by atoms with Crippen LogP contribution >= 0.6 is 0 Å². The van der Waals surface area contributed by atoms with Crippen molar-refractivity contribution in [2.24, 2.45) is 0 Å². The Kier molecular flexibility index (Phi) is 12.1. The molecule has 0 aromatic heterocycles. The molecule has 202 valence electrons. The number of rotatable bonds is 0. The normalized spacial score (nSPS) is 12.7. The number of hydrogen-bond acceptors (Lipinski definition) is 18. The second-order valence-electron chi connectivity index (χ2n) is 5.40. The van der Waals surface area contributed by atoms with E-state index in [0.29, 0.717) is 0 Å². The summed E-state index contributed by atoms with van der Waals surface area (Å²) >= 11 is 0. The molecule has 0 fully saturated rings. The van der Waals surface area contributed by atoms with Gasteiger partial charge in [0.1, 0.15) is 0 Å². The average molecular weight is 838 g/mol. The monoisotopic (exact) mass is 840 g/mol. The zero-order valence-corrected chi connectivity index (χ0v) is 25.6. The molecule has 0 bridgehead atoms. The molecule has 0 saturated carbocycles. The van der Waals surface area contributed by atoms with E-state index in [1.165, 1.54) is 0 Å². The Morgan fingerprint density at radius 3 is 0.220 bits per heavy atom. The van der Waals surface area contributed by atoms with Crippen molar-refractivity contribution in [3.05, 3.63) is 0 Å². The molecule has 0 unspecified atom stereocenters. The molecule has 0 aromatic carbocycles. The second-order valence-corrected chi connectivity index (χ2v) is 22.3. The van der Waals surface area contributed by atoms with Crippen LogP contribution in [0, 0.1) is 184 Å². The zero-order chi connectivity index (χ0) is 32.0. The van der Waals surface area contributed by atoms with Crippen molar-refractivity contribution in [2.45, 2.75) is 0 Å². The third kappa shape index (κ3) is 4.81. The van der Waals surface area contributed by atoms with Crippen molar-refractivity contribution >= 4 is 0 Å². The van der Waals surface area contributed by atoms with Crippen LogP contribution in [0.5, 0.6) is 0 Å². The first kappa shape index (κ1) is 44.6. The first-order valence-electron chi connectivity index (χ1n) is 7.21. The predicted octanol–water partition coefficient (Wildman–Crippen LogP) is 0.290. The first-order valence-corrected chi connectivity index (χ1v) is 17.1. The number of hydrogen-bond donors (Lipinski definition) is 0. The van der Waals surface area contributed by atoms with Crippen LogP contribution in [0.15, 0.2) is 0 Å². The molecule has 0 heterocycles. The Morgan fingerprint density at radius 2 is 0.220 bits per heavy atom. The smallest absolute Gasteiger partial charge is 3.00 e. The minimum Gasteiger partial charge on any atom is 3.00 e. The maximum absolute atomic E-state index is 8.58. The zero-order valence-electron chi connectivity index (χ0n) is 18.8. The fourth-order valence-corrected chi connectivity index (χ4v) is 3.28. The summed E-state index contributed by atoms with van der Waals surface area (Å²) in [5.41, 5.74) is 0. The molecule has 0 atom stereocenters. The Morgan fingerprint density at radius 1 is 0.171 bits per heavy atom. The van der Waals surface area contributed by atoms with Gasteiger partial charge in [0.25, 0.3) is 0 Å². The van der Waals surface area contributed by atoms with Gasteiger partial charge in [0, 0.05) is 0 Å². The fourth-order valence-electron chi connectivity index (χ4n) is 0.795. The molecule has 0 aromatic rings. The minimum absolute atomic E-state index is 0. The summed E-state index contributed by atoms with van der Waals surface area (Å²) < 4.78 is 0. The van der Waals surface area contributed by atoms with E-state index in [4.69, 9.17) is 94.7 Å². The maximum Gasteiger partial charge on any atom is 3.00 e. The fraction of sp³-hybridized carbons (Fsp3) is 0. The molecular formula is C18Fe3N18Ru2. The van der Waals surface area contributed by atoms with Gasteiger partial charge in [-0.05, 0) is 0 Å². The van der Waals surface area contributed by atoms with Crippen molar-refractivity contribution in [3.8, 4) is 89.4 Å². The van der Waals surface area contributed by atoms with Gasteiger partial charge in [-0.15, -0.1) is 0 Å². The molecule has 2 radical (unpaired) electrons. The Balaban J connectivity index is -0.000000154. The summed E-state index contributed by atoms with van der Waals surface area (Å²) in [5.74, 6) is 0. The van der Waals surface area contributed by atoms with Crippen LogP contribution in [0.3, 0.4) is 0 Å². The molecule has 0 N–H and O–H groups in total. The van der Waals surface area contributed by atoms with Gasteiger partial charge in [0.2, 0.25) is 0 Å². The molecule has 0 aliphatic heterocycles. The molecular weight excluding hydrogens is 838 g/mol. The van der Waals surface area contributed by atoms with Gasteiger partial charge in [-0.2, -0.15) is 0 Å². The molecule has 0 rings (SSSR count). The van der Waals surface area contributed by atoms with Crippen molar-refractivity contribution in [1.29, 1.82) is 94.7 Å². The van der Waals surface area contributed by atoms with Gasteiger partial charge in [0.15, 0.2) is 0 Å². The standard InChI is InChI=1S/18CN.3Fe.2Ru/c18*1-2;;;;;/q;;;;;;;;;;;;;;;;;;3*-2;2*+3. The van der Waals surface area contributed by atoms with Crippen LogP contribution in [-0.4, -0.2) is 0 Å². The van der Waals surface area contributed by atoms with Crippen molar-refractivity contribution < 1.29 is 71.2 Å². The molecule has 0 saturated heterocycles. The maximum atomic E-state index is 8.58. The largest absolute Gasteiger partial charge is 3.00 e. The summed E-state index contributed by atoms with van der Waals surface area (Å²) in [7, 11) is -18.5. The summed E-state index contributed by atoms with van der Waals surface area (Å²) in [6.07, 6.45) is 0. The molecule has 0 aliphatic carbocycles. The van der Waals surface area contributed by atoms with Crippen LogP contribution in [0.1, 0.15) is 0 Å². The SMILES string of the molecule is N#[C][Fe-2]([C]#N)([C]#N)([C]#N)([C]#N)[C]#N.N#[C][Fe-2]([C]#N)([C]#N)([C]#N)([C]#N)[C]#N.N#[C][Fe-2]([C]#N)([C]#N)([C]#N)([C]#N)[C]#N.[Ru+3].[Ru+3]. The van der Waals surface area contributed by atoms with E-state index in [2.05, 4.69) is 0 Å². The molecule has 0 spiro atoms. The van der Waals surface area contributed by atoms with Crippen LogP contribution in [0.4, 0.5) is 0 Å². The van der Waals surface area contributed by atoms with Gasteiger partial charge >= 0.3 is 255 Å². The van der Waals surface area contributed by atoms with Crippen molar-refractivity contribution in [3.63, 3.8) is 0 Å². The Bertz CT molecular complexity index is 1410. The van der Waals surface area contributed by atoms with E-state index in [-0.39, 0.29) is 39.0 Å². The quantitative estimate of drug-likeness (QED) is 0.296. The summed E-state index contributed by atoms with van der Waals surface area (Å²) in [6.45, 7) is 0. The first-order chi connectivity index (χ1) is 17.9. The van der Waals surface area contributed by atoms with E-state index in [1.54, 1.807) is 0 Å². The van der Waals surface area contributed by atoms with Gasteiger partial charge in [0.05, 0.1) is 0 Å². The van der Waals surface area contributed by atoms with E-state index >= 15 is 0 Å². The molecule has 0 amide bonds. The van der Waals surface area contributed by atoms with E-state index in [1.807, 2.05) is 0 Å². The molecule has 41 heavy (non-hydrogen) atoms. The van der Waals surface area contributed by atoms with Gasteiger partial charge in [-0.3, -0.25) is 0 Å². The molecule has 18 nitrogen and oxygen atoms in total. The summed E-state index contributed by atoms with van der Waals surface area (Å²) in [6, 6.07) is 0. The van der Waals surface area contributed by atoms with Crippen LogP contribution in [-0.2, 0) is 71.2 Å². The summed E-state index contributed by atoms with van der Waals surface area (Å²) in [4.78, 5) is 18.6. The third-order valence-corrected chi connectivity index (χ3v) is 14.7. The molecule has 23 heteroatoms. The van der Waals surface area contributed by atoms with Crippen molar-refractivity contribution in [1.82, 2.24) is 0 Å². The van der Waals surface area contributed by atoms with E-state index in [0.717, 1.165) is 89.4 Å². The Labute approximate surface area is 253 Å². The van der Waals surface area contributed by atoms with Gasteiger partial charge in [-0.25, -0.2) is 0 Å². The van der Waals surface area contributed by atoms with E-state index < -0.39 is 32.2 Å². The van der Waals surface area contributed by atoms with Crippen molar-refractivity contribution in [2.75, 3.05) is 0 Å². The molecule has 0 aliphatic rings. The minimum atomic E-state index is -6.17. The number of nitrogens with zero attached hydrogens (tertiary/aromatic N) is 18. The van der Waals surface area contributed by atoms with Crippen LogP contribution in [0.25, 0.3) is 0 Å². The average Bonchev–Trinajstić information content (AvgIpc) is 3.06. The predicted molar refractivity (Wildman–Crippen MR) is 101 cm³/mol. The van der Waals surface area contributed by atoms with Crippen LogP contribution < -0.4 is 0 Å². The van der Waals surface area contributed by atoms with Gasteiger partial charge < -0.3 is 0 Å². The second kappa shape index (κ2) is 11.2. The van der Waals surface area contributed by atoms with Crippen LogP contribution in [0.2, 0.25) is 0 Å². The van der Waals surface area contributed by atoms with Gasteiger partial charge in [-0.1, -0.05) is 0 Å². The number of nitriles is 18.